The summed E-state index contributed by atoms with van der Waals surface area (Å²) in [5, 5.41) is 0. The molecule has 6 heteroatoms. The first-order valence-corrected chi connectivity index (χ1v) is 7.10. The molecule has 1 saturated heterocycles. The first-order valence-electron chi connectivity index (χ1n) is 7.10. The van der Waals surface area contributed by atoms with Gasteiger partial charge < -0.3 is 10.5 Å². The first kappa shape index (κ1) is 16.2. The normalized spacial score (nSPS) is 21.8. The van der Waals surface area contributed by atoms with Gasteiger partial charge in [0.25, 0.3) is 0 Å². The Morgan fingerprint density at radius 1 is 1.23 bits per heavy atom. The van der Waals surface area contributed by atoms with Crippen LogP contribution in [0.5, 0.6) is 0 Å². The van der Waals surface area contributed by atoms with E-state index in [0.717, 1.165) is 4.90 Å². The summed E-state index contributed by atoms with van der Waals surface area (Å²) < 4.78 is 5.17. The van der Waals surface area contributed by atoms with Gasteiger partial charge in [-0.1, -0.05) is 30.3 Å². The molecule has 0 spiro atoms. The monoisotopic (exact) mass is 304 g/mol. The number of hydrogen-bond donors (Lipinski definition) is 1. The highest BCUT2D eigenvalue weighted by molar-refractivity contribution is 6.06. The molecule has 1 aromatic rings. The molecule has 1 aromatic carbocycles. The number of ketones is 1. The minimum atomic E-state index is -1.03. The average Bonchev–Trinajstić information content (AvgIpc) is 2.74. The minimum absolute atomic E-state index is 0.0529. The number of rotatable bonds is 2. The van der Waals surface area contributed by atoms with E-state index in [-0.39, 0.29) is 12.3 Å². The zero-order chi connectivity index (χ0) is 16.5. The summed E-state index contributed by atoms with van der Waals surface area (Å²) in [6.45, 7) is 5.07. The van der Waals surface area contributed by atoms with Crippen molar-refractivity contribution in [2.75, 3.05) is 6.54 Å². The molecule has 22 heavy (non-hydrogen) atoms. The van der Waals surface area contributed by atoms with Crippen molar-refractivity contribution in [2.45, 2.75) is 32.4 Å². The van der Waals surface area contributed by atoms with E-state index in [1.165, 1.54) is 0 Å². The molecule has 2 unspecified atom stereocenters. The smallest absolute Gasteiger partial charge is 0.417 e. The lowest BCUT2D eigenvalue weighted by molar-refractivity contribution is -0.128. The van der Waals surface area contributed by atoms with E-state index in [2.05, 4.69) is 0 Å². The van der Waals surface area contributed by atoms with Gasteiger partial charge in [-0.2, -0.15) is 0 Å². The number of ether oxygens (including phenoxy) is 1. The van der Waals surface area contributed by atoms with Crippen LogP contribution in [0.3, 0.4) is 0 Å². The number of nitrogens with zero attached hydrogens (tertiary/aromatic N) is 1. The summed E-state index contributed by atoms with van der Waals surface area (Å²) in [5.74, 6) is -1.57. The predicted octanol–water partition coefficient (Wildman–Crippen LogP) is 1.59. The summed E-state index contributed by atoms with van der Waals surface area (Å²) in [7, 11) is 0. The Morgan fingerprint density at radius 2 is 1.82 bits per heavy atom. The summed E-state index contributed by atoms with van der Waals surface area (Å²) in [5.41, 5.74) is 5.59. The first-order chi connectivity index (χ1) is 10.2. The van der Waals surface area contributed by atoms with Gasteiger partial charge >= 0.3 is 6.09 Å². The number of carbonyl (C=O) groups is 3. The lowest BCUT2D eigenvalue weighted by atomic mass is 9.94. The molecular formula is C16H20N2O4. The third-order valence-corrected chi connectivity index (χ3v) is 3.37. The molecule has 1 aliphatic heterocycles. The van der Waals surface area contributed by atoms with Crippen LogP contribution >= 0.6 is 0 Å². The van der Waals surface area contributed by atoms with Crippen molar-refractivity contribution in [3.05, 3.63) is 35.9 Å². The fraction of sp³-hybridized carbons (Fsp3) is 0.438. The van der Waals surface area contributed by atoms with Gasteiger partial charge in [-0.15, -0.1) is 0 Å². The van der Waals surface area contributed by atoms with Crippen molar-refractivity contribution in [1.29, 1.82) is 0 Å². The molecule has 0 aliphatic carbocycles. The Bertz CT molecular complexity index is 592. The lowest BCUT2D eigenvalue weighted by Crippen LogP contribution is -2.41. The highest BCUT2D eigenvalue weighted by atomic mass is 16.6. The summed E-state index contributed by atoms with van der Waals surface area (Å²) in [6, 6.07) is 7.57. The molecule has 1 fully saturated rings. The zero-order valence-electron chi connectivity index (χ0n) is 12.9. The van der Waals surface area contributed by atoms with Crippen molar-refractivity contribution in [3.63, 3.8) is 0 Å². The summed E-state index contributed by atoms with van der Waals surface area (Å²) in [6.07, 6.45) is -0.767. The Kier molecular flexibility index (Phi) is 4.32. The number of Topliss-reactive ketones (excluding diaryl/α,β-unsaturated/α-hetero) is 1. The van der Waals surface area contributed by atoms with E-state index in [1.54, 1.807) is 51.1 Å². The van der Waals surface area contributed by atoms with Gasteiger partial charge in [0.1, 0.15) is 5.60 Å². The van der Waals surface area contributed by atoms with Crippen LogP contribution < -0.4 is 5.73 Å². The average molecular weight is 304 g/mol. The summed E-state index contributed by atoms with van der Waals surface area (Å²) >= 11 is 0. The number of likely N-dealkylation sites (tertiary alicyclic amines) is 1. The molecule has 2 amide bonds. The van der Waals surface area contributed by atoms with Crippen LogP contribution in [0.25, 0.3) is 0 Å². The van der Waals surface area contributed by atoms with E-state index in [0.29, 0.717) is 5.56 Å². The maximum absolute atomic E-state index is 12.4. The lowest BCUT2D eigenvalue weighted by Gasteiger charge is -2.23. The van der Waals surface area contributed by atoms with Crippen molar-refractivity contribution < 1.29 is 19.1 Å². The molecule has 2 atom stereocenters. The topological polar surface area (TPSA) is 89.7 Å². The van der Waals surface area contributed by atoms with Crippen LogP contribution in [0, 0.1) is 5.92 Å². The Morgan fingerprint density at radius 3 is 2.36 bits per heavy atom. The second kappa shape index (κ2) is 5.88. The predicted molar refractivity (Wildman–Crippen MR) is 80.2 cm³/mol. The number of imide groups is 1. The molecule has 118 valence electrons. The Hall–Kier alpha value is -2.21. The molecule has 0 bridgehead atoms. The number of benzene rings is 1. The summed E-state index contributed by atoms with van der Waals surface area (Å²) in [4.78, 5) is 37.5. The molecule has 1 aliphatic rings. The molecule has 2 rings (SSSR count). The van der Waals surface area contributed by atoms with Crippen LogP contribution in [0.15, 0.2) is 30.3 Å². The van der Waals surface area contributed by atoms with E-state index in [4.69, 9.17) is 10.5 Å². The SMILES string of the molecule is CC(C)(C)OC(=O)N1CC(C(=O)c2ccccc2)C(N)C1=O. The van der Waals surface area contributed by atoms with Crippen LogP contribution in [0.1, 0.15) is 31.1 Å². The largest absolute Gasteiger partial charge is 0.443 e. The van der Waals surface area contributed by atoms with Crippen molar-refractivity contribution >= 4 is 17.8 Å². The fourth-order valence-corrected chi connectivity index (χ4v) is 2.30. The van der Waals surface area contributed by atoms with Crippen molar-refractivity contribution in [1.82, 2.24) is 4.90 Å². The zero-order valence-corrected chi connectivity index (χ0v) is 12.9. The second-order valence-electron chi connectivity index (χ2n) is 6.29. The fourth-order valence-electron chi connectivity index (χ4n) is 2.30. The van der Waals surface area contributed by atoms with E-state index in [1.807, 2.05) is 0 Å². The molecule has 6 nitrogen and oxygen atoms in total. The van der Waals surface area contributed by atoms with Crippen molar-refractivity contribution in [2.24, 2.45) is 11.7 Å². The number of nitrogens with two attached hydrogens (primary N) is 1. The molecule has 0 radical (unpaired) electrons. The van der Waals surface area contributed by atoms with Gasteiger partial charge in [0.2, 0.25) is 5.91 Å². The van der Waals surface area contributed by atoms with E-state index in [9.17, 15) is 14.4 Å². The van der Waals surface area contributed by atoms with Gasteiger partial charge in [0, 0.05) is 12.1 Å². The van der Waals surface area contributed by atoms with Crippen molar-refractivity contribution in [3.8, 4) is 0 Å². The Balaban J connectivity index is 2.15. The van der Waals surface area contributed by atoms with Crippen LogP contribution in [0.2, 0.25) is 0 Å². The molecule has 0 aromatic heterocycles. The van der Waals surface area contributed by atoms with Crippen LogP contribution in [-0.2, 0) is 9.53 Å². The maximum atomic E-state index is 12.4. The van der Waals surface area contributed by atoms with Gasteiger partial charge in [-0.3, -0.25) is 9.59 Å². The number of hydrogen-bond acceptors (Lipinski definition) is 5. The van der Waals surface area contributed by atoms with Gasteiger partial charge in [-0.05, 0) is 20.8 Å². The molecule has 1 heterocycles. The maximum Gasteiger partial charge on any atom is 0.417 e. The van der Waals surface area contributed by atoms with Crippen LogP contribution in [0.4, 0.5) is 4.79 Å². The van der Waals surface area contributed by atoms with E-state index >= 15 is 0 Å². The van der Waals surface area contributed by atoms with Gasteiger partial charge in [0.15, 0.2) is 5.78 Å². The van der Waals surface area contributed by atoms with Crippen LogP contribution in [-0.4, -0.2) is 40.9 Å². The molecule has 0 saturated carbocycles. The van der Waals surface area contributed by atoms with Gasteiger partial charge in [-0.25, -0.2) is 9.69 Å². The molecular weight excluding hydrogens is 284 g/mol. The second-order valence-corrected chi connectivity index (χ2v) is 6.29. The Labute approximate surface area is 129 Å². The standard InChI is InChI=1S/C16H20N2O4/c1-16(2,3)22-15(21)18-9-11(12(17)14(18)20)13(19)10-7-5-4-6-8-10/h4-8,11-12H,9,17H2,1-3H3. The number of amides is 2. The highest BCUT2D eigenvalue weighted by Crippen LogP contribution is 2.23. The van der Waals surface area contributed by atoms with E-state index < -0.39 is 29.6 Å². The third-order valence-electron chi connectivity index (χ3n) is 3.37. The van der Waals surface area contributed by atoms with Gasteiger partial charge in [0.05, 0.1) is 12.0 Å². The third kappa shape index (κ3) is 3.33. The quantitative estimate of drug-likeness (QED) is 0.838. The minimum Gasteiger partial charge on any atom is -0.443 e. The number of carbonyl (C=O) groups excluding carboxylic acids is 3. The molecule has 2 N–H and O–H groups in total. The highest BCUT2D eigenvalue weighted by Gasteiger charge is 2.46.